The highest BCUT2D eigenvalue weighted by atomic mass is 32.2. The van der Waals surface area contributed by atoms with Crippen LogP contribution in [0, 0.1) is 0 Å². The zero-order valence-corrected chi connectivity index (χ0v) is 8.77. The second kappa shape index (κ2) is 4.42. The van der Waals surface area contributed by atoms with Crippen molar-refractivity contribution < 1.29 is 5.11 Å². The number of hydrogen-bond donors (Lipinski definition) is 2. The number of phenols is 1. The first-order chi connectivity index (χ1) is 6.09. The Morgan fingerprint density at radius 2 is 2.15 bits per heavy atom. The highest BCUT2D eigenvalue weighted by Crippen LogP contribution is 2.26. The van der Waals surface area contributed by atoms with E-state index in [1.807, 2.05) is 6.07 Å². The van der Waals surface area contributed by atoms with Crippen molar-refractivity contribution in [3.8, 4) is 5.75 Å². The van der Waals surface area contributed by atoms with Crippen LogP contribution in [0.3, 0.4) is 0 Å². The van der Waals surface area contributed by atoms with Crippen LogP contribution in [0.4, 0.5) is 5.69 Å². The first-order valence-electron chi connectivity index (χ1n) is 4.28. The average molecular weight is 197 g/mol. The number of thioether (sulfide) groups is 1. The third-order valence-corrected chi connectivity index (χ3v) is 2.82. The summed E-state index contributed by atoms with van der Waals surface area (Å²) in [6.07, 6.45) is 0. The van der Waals surface area contributed by atoms with Gasteiger partial charge in [0.1, 0.15) is 5.75 Å². The molecular formula is C10H15NOS. The second-order valence-corrected chi connectivity index (χ2v) is 4.81. The lowest BCUT2D eigenvalue weighted by Gasteiger charge is -2.07. The first-order valence-corrected chi connectivity index (χ1v) is 5.33. The molecule has 2 nitrogen and oxygen atoms in total. The van der Waals surface area contributed by atoms with Crippen LogP contribution >= 0.6 is 11.8 Å². The molecule has 3 heteroatoms. The Balaban J connectivity index is 2.70. The molecule has 0 heterocycles. The number of hydrogen-bond acceptors (Lipinski definition) is 3. The lowest BCUT2D eigenvalue weighted by Crippen LogP contribution is -1.91. The lowest BCUT2D eigenvalue weighted by atomic mass is 10.2. The standard InChI is InChI=1S/C10H15NOS/c1-7(2)13-6-8-5-9(11)3-4-10(8)12/h3-5,7,12H,6,11H2,1-2H3. The molecule has 0 unspecified atom stereocenters. The third-order valence-electron chi connectivity index (χ3n) is 1.68. The van der Waals surface area contributed by atoms with Crippen molar-refractivity contribution in [1.82, 2.24) is 0 Å². The highest BCUT2D eigenvalue weighted by Gasteiger charge is 2.02. The molecule has 0 radical (unpaired) electrons. The number of phenolic OH excluding ortho intramolecular Hbond substituents is 1. The van der Waals surface area contributed by atoms with Gasteiger partial charge in [-0.2, -0.15) is 11.8 Å². The monoisotopic (exact) mass is 197 g/mol. The fraction of sp³-hybridized carbons (Fsp3) is 0.400. The van der Waals surface area contributed by atoms with Crippen LogP contribution in [0.15, 0.2) is 18.2 Å². The maximum atomic E-state index is 9.48. The van der Waals surface area contributed by atoms with Crippen LogP contribution in [0.5, 0.6) is 5.75 Å². The molecule has 3 N–H and O–H groups in total. The summed E-state index contributed by atoms with van der Waals surface area (Å²) in [7, 11) is 0. The van der Waals surface area contributed by atoms with Crippen LogP contribution in [-0.2, 0) is 5.75 Å². The largest absolute Gasteiger partial charge is 0.508 e. The van der Waals surface area contributed by atoms with E-state index in [0.717, 1.165) is 11.3 Å². The third kappa shape index (κ3) is 3.19. The van der Waals surface area contributed by atoms with Crippen molar-refractivity contribution in [1.29, 1.82) is 0 Å². The smallest absolute Gasteiger partial charge is 0.119 e. The van der Waals surface area contributed by atoms with Gasteiger partial charge < -0.3 is 10.8 Å². The molecule has 0 aliphatic carbocycles. The van der Waals surface area contributed by atoms with Crippen LogP contribution < -0.4 is 5.73 Å². The van der Waals surface area contributed by atoms with Crippen molar-refractivity contribution in [3.05, 3.63) is 23.8 Å². The van der Waals surface area contributed by atoms with Crippen molar-refractivity contribution >= 4 is 17.4 Å². The molecule has 0 aliphatic rings. The van der Waals surface area contributed by atoms with Gasteiger partial charge in [-0.05, 0) is 23.4 Å². The summed E-state index contributed by atoms with van der Waals surface area (Å²) < 4.78 is 0. The normalized spacial score (nSPS) is 10.7. The minimum absolute atomic E-state index is 0.336. The molecule has 0 amide bonds. The molecule has 1 aromatic rings. The van der Waals surface area contributed by atoms with E-state index in [9.17, 15) is 5.11 Å². The van der Waals surface area contributed by atoms with Gasteiger partial charge in [0, 0.05) is 17.0 Å². The molecule has 0 fully saturated rings. The van der Waals surface area contributed by atoms with E-state index in [1.54, 1.807) is 23.9 Å². The number of rotatable bonds is 3. The van der Waals surface area contributed by atoms with E-state index >= 15 is 0 Å². The summed E-state index contributed by atoms with van der Waals surface area (Å²) in [5, 5.41) is 10.0. The zero-order chi connectivity index (χ0) is 9.84. The lowest BCUT2D eigenvalue weighted by molar-refractivity contribution is 0.471. The molecule has 1 aromatic carbocycles. The maximum Gasteiger partial charge on any atom is 0.119 e. The predicted molar refractivity (Wildman–Crippen MR) is 59.0 cm³/mol. The summed E-state index contributed by atoms with van der Waals surface area (Å²) in [5.74, 6) is 1.15. The van der Waals surface area contributed by atoms with Gasteiger partial charge in [-0.1, -0.05) is 13.8 Å². The molecule has 0 aromatic heterocycles. The number of benzene rings is 1. The molecule has 0 bridgehead atoms. The van der Waals surface area contributed by atoms with Gasteiger partial charge in [0.25, 0.3) is 0 Å². The molecular weight excluding hydrogens is 182 g/mol. The van der Waals surface area contributed by atoms with Gasteiger partial charge in [0.05, 0.1) is 0 Å². The Labute approximate surface area is 83.1 Å². The number of nitrogen functional groups attached to an aromatic ring is 1. The van der Waals surface area contributed by atoms with Crippen molar-refractivity contribution in [2.24, 2.45) is 0 Å². The first kappa shape index (κ1) is 10.3. The van der Waals surface area contributed by atoms with E-state index in [2.05, 4.69) is 13.8 Å². The van der Waals surface area contributed by atoms with E-state index in [0.29, 0.717) is 16.7 Å². The van der Waals surface area contributed by atoms with Gasteiger partial charge >= 0.3 is 0 Å². The summed E-state index contributed by atoms with van der Waals surface area (Å²) in [6, 6.07) is 5.18. The summed E-state index contributed by atoms with van der Waals surface area (Å²) in [6.45, 7) is 4.27. The molecule has 72 valence electrons. The fourth-order valence-corrected chi connectivity index (χ4v) is 1.72. The van der Waals surface area contributed by atoms with E-state index < -0.39 is 0 Å². The SMILES string of the molecule is CC(C)SCc1cc(N)ccc1O. The maximum absolute atomic E-state index is 9.48. The topological polar surface area (TPSA) is 46.2 Å². The number of anilines is 1. The summed E-state index contributed by atoms with van der Waals surface area (Å²) in [5.41, 5.74) is 7.23. The Morgan fingerprint density at radius 3 is 2.77 bits per heavy atom. The highest BCUT2D eigenvalue weighted by molar-refractivity contribution is 7.99. The summed E-state index contributed by atoms with van der Waals surface area (Å²) in [4.78, 5) is 0. The zero-order valence-electron chi connectivity index (χ0n) is 7.95. The van der Waals surface area contributed by atoms with Gasteiger partial charge in [-0.25, -0.2) is 0 Å². The van der Waals surface area contributed by atoms with Crippen LogP contribution in [0.25, 0.3) is 0 Å². The second-order valence-electron chi connectivity index (χ2n) is 3.25. The van der Waals surface area contributed by atoms with Gasteiger partial charge in [0.15, 0.2) is 0 Å². The predicted octanol–water partition coefficient (Wildman–Crippen LogP) is 2.62. The van der Waals surface area contributed by atoms with Crippen molar-refractivity contribution in [2.75, 3.05) is 5.73 Å². The van der Waals surface area contributed by atoms with Crippen LogP contribution in [0.2, 0.25) is 0 Å². The Kier molecular flexibility index (Phi) is 3.48. The molecule has 0 spiro atoms. The molecule has 0 aliphatic heterocycles. The van der Waals surface area contributed by atoms with Crippen molar-refractivity contribution in [2.45, 2.75) is 24.9 Å². The van der Waals surface area contributed by atoms with E-state index in [1.165, 1.54) is 0 Å². The molecule has 0 atom stereocenters. The van der Waals surface area contributed by atoms with Gasteiger partial charge in [-0.15, -0.1) is 0 Å². The Bertz CT molecular complexity index is 286. The van der Waals surface area contributed by atoms with E-state index in [-0.39, 0.29) is 0 Å². The quantitative estimate of drug-likeness (QED) is 0.578. The number of nitrogens with two attached hydrogens (primary N) is 1. The molecule has 1 rings (SSSR count). The minimum Gasteiger partial charge on any atom is -0.508 e. The summed E-state index contributed by atoms with van der Waals surface area (Å²) >= 11 is 1.79. The molecule has 0 saturated carbocycles. The number of aromatic hydroxyl groups is 1. The van der Waals surface area contributed by atoms with Gasteiger partial charge in [0.2, 0.25) is 0 Å². The van der Waals surface area contributed by atoms with E-state index in [4.69, 9.17) is 5.73 Å². The van der Waals surface area contributed by atoms with Crippen LogP contribution in [-0.4, -0.2) is 10.4 Å². The Morgan fingerprint density at radius 1 is 1.46 bits per heavy atom. The van der Waals surface area contributed by atoms with Gasteiger partial charge in [-0.3, -0.25) is 0 Å². The molecule has 13 heavy (non-hydrogen) atoms. The average Bonchev–Trinajstić information content (AvgIpc) is 2.06. The Hall–Kier alpha value is -0.830. The minimum atomic E-state index is 0.336. The van der Waals surface area contributed by atoms with Crippen LogP contribution in [0.1, 0.15) is 19.4 Å². The fourth-order valence-electron chi connectivity index (χ4n) is 0.977. The van der Waals surface area contributed by atoms with Crippen molar-refractivity contribution in [3.63, 3.8) is 0 Å². The molecule has 0 saturated heterocycles.